The van der Waals surface area contributed by atoms with Crippen molar-refractivity contribution in [3.05, 3.63) is 45.6 Å². The fraction of sp³-hybridized carbons (Fsp3) is 0.333. The lowest BCUT2D eigenvalue weighted by molar-refractivity contribution is -0.125. The minimum Gasteiger partial charge on any atom is -0.383 e. The van der Waals surface area contributed by atoms with Crippen LogP contribution in [0.15, 0.2) is 30.0 Å². The molecule has 1 saturated heterocycles. The molecule has 1 aliphatic rings. The van der Waals surface area contributed by atoms with Gasteiger partial charge in [0.2, 0.25) is 11.8 Å². The lowest BCUT2D eigenvalue weighted by Crippen LogP contribution is -2.41. The molecular weight excluding hydrogens is 325 g/mol. The fourth-order valence-electron chi connectivity index (χ4n) is 2.17. The maximum Gasteiger partial charge on any atom is 0.249 e. The number of benzene rings is 1. The van der Waals surface area contributed by atoms with Gasteiger partial charge in [0.05, 0.1) is 0 Å². The third-order valence-electron chi connectivity index (χ3n) is 3.22. The average molecular weight is 342 g/mol. The summed E-state index contributed by atoms with van der Waals surface area (Å²) in [4.78, 5) is 25.7. The summed E-state index contributed by atoms with van der Waals surface area (Å²) in [6, 6.07) is 4.55. The highest BCUT2D eigenvalue weighted by Gasteiger charge is 2.31. The SMILES string of the molecule is CN(C)/C=C1\CC(C(=O)NCc2ccc(Cl)cc2Cl)NC1=O. The molecular formula is C15H17Cl2N3O2. The van der Waals surface area contributed by atoms with Crippen molar-refractivity contribution < 1.29 is 9.59 Å². The van der Waals surface area contributed by atoms with Crippen LogP contribution in [0.3, 0.4) is 0 Å². The molecule has 0 bridgehead atoms. The largest absolute Gasteiger partial charge is 0.383 e. The second-order valence-electron chi connectivity index (χ2n) is 5.30. The molecule has 0 saturated carbocycles. The van der Waals surface area contributed by atoms with Crippen LogP contribution in [0.5, 0.6) is 0 Å². The second-order valence-corrected chi connectivity index (χ2v) is 6.15. The zero-order chi connectivity index (χ0) is 16.3. The number of carbonyl (C=O) groups is 2. The Morgan fingerprint density at radius 2 is 2.18 bits per heavy atom. The molecule has 2 N–H and O–H groups in total. The molecule has 2 amide bonds. The maximum atomic E-state index is 12.1. The zero-order valence-corrected chi connectivity index (χ0v) is 13.8. The molecule has 1 fully saturated rings. The van der Waals surface area contributed by atoms with Crippen LogP contribution in [0.1, 0.15) is 12.0 Å². The highest BCUT2D eigenvalue weighted by atomic mass is 35.5. The van der Waals surface area contributed by atoms with E-state index in [0.29, 0.717) is 22.0 Å². The third kappa shape index (κ3) is 4.15. The van der Waals surface area contributed by atoms with Crippen LogP contribution in [0.4, 0.5) is 0 Å². The van der Waals surface area contributed by atoms with Crippen molar-refractivity contribution in [2.24, 2.45) is 0 Å². The summed E-state index contributed by atoms with van der Waals surface area (Å²) >= 11 is 11.9. The first-order chi connectivity index (χ1) is 10.4. The van der Waals surface area contributed by atoms with Gasteiger partial charge in [-0.25, -0.2) is 0 Å². The van der Waals surface area contributed by atoms with Crippen molar-refractivity contribution in [1.82, 2.24) is 15.5 Å². The molecule has 1 aliphatic heterocycles. The summed E-state index contributed by atoms with van der Waals surface area (Å²) in [6.45, 7) is 0.286. The number of rotatable bonds is 4. The monoisotopic (exact) mass is 341 g/mol. The highest BCUT2D eigenvalue weighted by molar-refractivity contribution is 6.35. The fourth-order valence-corrected chi connectivity index (χ4v) is 2.64. The van der Waals surface area contributed by atoms with Crippen molar-refractivity contribution in [1.29, 1.82) is 0 Å². The smallest absolute Gasteiger partial charge is 0.249 e. The van der Waals surface area contributed by atoms with Crippen molar-refractivity contribution in [3.63, 3.8) is 0 Å². The second kappa shape index (κ2) is 7.03. The predicted molar refractivity (Wildman–Crippen MR) is 86.6 cm³/mol. The number of nitrogens with zero attached hydrogens (tertiary/aromatic N) is 1. The van der Waals surface area contributed by atoms with E-state index in [1.807, 2.05) is 14.1 Å². The van der Waals surface area contributed by atoms with Gasteiger partial charge in [0.25, 0.3) is 0 Å². The molecule has 7 heteroatoms. The van der Waals surface area contributed by atoms with E-state index in [2.05, 4.69) is 10.6 Å². The number of nitrogens with one attached hydrogen (secondary N) is 2. The molecule has 22 heavy (non-hydrogen) atoms. The van der Waals surface area contributed by atoms with Crippen molar-refractivity contribution in [2.75, 3.05) is 14.1 Å². The normalized spacial score (nSPS) is 19.2. The Morgan fingerprint density at radius 3 is 2.82 bits per heavy atom. The Kier molecular flexibility index (Phi) is 5.32. The van der Waals surface area contributed by atoms with Crippen LogP contribution in [0.2, 0.25) is 10.0 Å². The van der Waals surface area contributed by atoms with E-state index in [9.17, 15) is 9.59 Å². The van der Waals surface area contributed by atoms with Crippen LogP contribution in [-0.4, -0.2) is 36.9 Å². The first-order valence-electron chi connectivity index (χ1n) is 6.76. The Morgan fingerprint density at radius 1 is 1.45 bits per heavy atom. The molecule has 0 aromatic heterocycles. The van der Waals surface area contributed by atoms with E-state index in [1.54, 1.807) is 29.3 Å². The van der Waals surface area contributed by atoms with E-state index >= 15 is 0 Å². The van der Waals surface area contributed by atoms with Crippen LogP contribution >= 0.6 is 23.2 Å². The van der Waals surface area contributed by atoms with Gasteiger partial charge in [0, 0.05) is 48.9 Å². The van der Waals surface area contributed by atoms with Crippen LogP contribution in [-0.2, 0) is 16.1 Å². The lowest BCUT2D eigenvalue weighted by Gasteiger charge is -2.11. The average Bonchev–Trinajstić information content (AvgIpc) is 2.78. The lowest BCUT2D eigenvalue weighted by atomic mass is 10.1. The van der Waals surface area contributed by atoms with Gasteiger partial charge in [-0.2, -0.15) is 0 Å². The van der Waals surface area contributed by atoms with Gasteiger partial charge in [0.1, 0.15) is 6.04 Å². The molecule has 2 rings (SSSR count). The van der Waals surface area contributed by atoms with E-state index < -0.39 is 6.04 Å². The minimum atomic E-state index is -0.551. The summed E-state index contributed by atoms with van der Waals surface area (Å²) in [5.74, 6) is -0.445. The summed E-state index contributed by atoms with van der Waals surface area (Å²) in [6.07, 6.45) is 2.09. The van der Waals surface area contributed by atoms with Gasteiger partial charge in [-0.15, -0.1) is 0 Å². The van der Waals surface area contributed by atoms with Crippen molar-refractivity contribution in [3.8, 4) is 0 Å². The van der Waals surface area contributed by atoms with Crippen LogP contribution < -0.4 is 10.6 Å². The Balaban J connectivity index is 1.95. The Bertz CT molecular complexity index is 629. The van der Waals surface area contributed by atoms with E-state index in [4.69, 9.17) is 23.2 Å². The molecule has 118 valence electrons. The molecule has 1 atom stereocenters. The van der Waals surface area contributed by atoms with E-state index in [-0.39, 0.29) is 18.4 Å². The molecule has 1 heterocycles. The predicted octanol–water partition coefficient (Wildman–Crippen LogP) is 1.94. The number of hydrogen-bond acceptors (Lipinski definition) is 3. The maximum absolute atomic E-state index is 12.1. The summed E-state index contributed by atoms with van der Waals surface area (Å²) in [5.41, 5.74) is 1.36. The molecule has 1 unspecified atom stereocenters. The van der Waals surface area contributed by atoms with Crippen molar-refractivity contribution in [2.45, 2.75) is 19.0 Å². The molecule has 1 aromatic carbocycles. The van der Waals surface area contributed by atoms with Gasteiger partial charge in [0.15, 0.2) is 0 Å². The molecule has 5 nitrogen and oxygen atoms in total. The molecule has 0 spiro atoms. The molecule has 0 radical (unpaired) electrons. The Labute approximate surface area is 139 Å². The summed E-state index contributed by atoms with van der Waals surface area (Å²) in [5, 5.41) is 6.48. The zero-order valence-electron chi connectivity index (χ0n) is 12.3. The third-order valence-corrected chi connectivity index (χ3v) is 3.81. The van der Waals surface area contributed by atoms with Crippen molar-refractivity contribution >= 4 is 35.0 Å². The number of hydrogen-bond donors (Lipinski definition) is 2. The number of carbonyl (C=O) groups excluding carboxylic acids is 2. The van der Waals surface area contributed by atoms with Gasteiger partial charge in [-0.05, 0) is 17.7 Å². The molecule has 1 aromatic rings. The Hall–Kier alpha value is -1.72. The minimum absolute atomic E-state index is 0.210. The van der Waals surface area contributed by atoms with Gasteiger partial charge < -0.3 is 15.5 Å². The summed E-state index contributed by atoms with van der Waals surface area (Å²) in [7, 11) is 3.66. The van der Waals surface area contributed by atoms with Gasteiger partial charge in [-0.1, -0.05) is 29.3 Å². The quantitative estimate of drug-likeness (QED) is 0.822. The standard InChI is InChI=1S/C15H17Cl2N3O2/c1-20(2)8-10-5-13(19-14(10)21)15(22)18-7-9-3-4-11(16)6-12(9)17/h3-4,6,8,13H,5,7H2,1-2H3,(H,18,22)(H,19,21)/b10-8+. The van der Waals surface area contributed by atoms with E-state index in [0.717, 1.165) is 5.56 Å². The van der Waals surface area contributed by atoms with Crippen LogP contribution in [0.25, 0.3) is 0 Å². The van der Waals surface area contributed by atoms with Gasteiger partial charge in [-0.3, -0.25) is 9.59 Å². The van der Waals surface area contributed by atoms with E-state index in [1.165, 1.54) is 0 Å². The highest BCUT2D eigenvalue weighted by Crippen LogP contribution is 2.21. The first-order valence-corrected chi connectivity index (χ1v) is 7.52. The topological polar surface area (TPSA) is 61.4 Å². The number of halogens is 2. The van der Waals surface area contributed by atoms with Gasteiger partial charge >= 0.3 is 0 Å². The van der Waals surface area contributed by atoms with Crippen LogP contribution in [0, 0.1) is 0 Å². The summed E-state index contributed by atoms with van der Waals surface area (Å²) < 4.78 is 0. The molecule has 0 aliphatic carbocycles. The first kappa shape index (κ1) is 16.6. The number of amides is 2.